The molecular weight excluding hydrogens is 200 g/mol. The van der Waals surface area contributed by atoms with Crippen molar-refractivity contribution in [3.8, 4) is 0 Å². The Morgan fingerprint density at radius 3 is 2.88 bits per heavy atom. The van der Waals surface area contributed by atoms with Gasteiger partial charge in [-0.3, -0.25) is 4.90 Å². The molecule has 2 N–H and O–H groups in total. The maximum absolute atomic E-state index is 3.38. The molecule has 16 heavy (non-hydrogen) atoms. The Labute approximate surface area is 97.6 Å². The van der Waals surface area contributed by atoms with Crippen molar-refractivity contribution in [2.75, 3.05) is 46.3 Å². The van der Waals surface area contributed by atoms with Gasteiger partial charge in [0.1, 0.15) is 0 Å². The van der Waals surface area contributed by atoms with Crippen molar-refractivity contribution in [3.05, 3.63) is 24.0 Å². The lowest BCUT2D eigenvalue weighted by Gasteiger charge is -2.29. The smallest absolute Gasteiger partial charge is 0.0246 e. The van der Waals surface area contributed by atoms with E-state index in [2.05, 4.69) is 39.4 Å². The van der Waals surface area contributed by atoms with Gasteiger partial charge in [-0.05, 0) is 18.7 Å². The first-order valence-corrected chi connectivity index (χ1v) is 6.08. The molecule has 0 aliphatic carbocycles. The Bertz CT molecular complexity index is 277. The highest BCUT2D eigenvalue weighted by atomic mass is 15.2. The Balaban J connectivity index is 1.65. The lowest BCUT2D eigenvalue weighted by atomic mass is 10.3. The second-order valence-electron chi connectivity index (χ2n) is 4.55. The van der Waals surface area contributed by atoms with E-state index in [1.165, 1.54) is 25.2 Å². The summed E-state index contributed by atoms with van der Waals surface area (Å²) in [4.78, 5) is 8.01. The number of H-pyrrole nitrogens is 1. The predicted octanol–water partition coefficient (Wildman–Crippen LogP) is 0.352. The quantitative estimate of drug-likeness (QED) is 0.754. The van der Waals surface area contributed by atoms with Gasteiger partial charge in [0.15, 0.2) is 0 Å². The molecule has 1 aliphatic heterocycles. The van der Waals surface area contributed by atoms with Gasteiger partial charge >= 0.3 is 0 Å². The second-order valence-corrected chi connectivity index (χ2v) is 4.55. The number of hydrogen-bond donors (Lipinski definition) is 2. The molecule has 0 bridgehead atoms. The molecule has 0 radical (unpaired) electrons. The number of piperazine rings is 1. The van der Waals surface area contributed by atoms with Crippen molar-refractivity contribution in [1.82, 2.24) is 20.1 Å². The van der Waals surface area contributed by atoms with Crippen LogP contribution in [-0.4, -0.2) is 61.1 Å². The summed E-state index contributed by atoms with van der Waals surface area (Å²) in [6.45, 7) is 8.03. The van der Waals surface area contributed by atoms with Crippen LogP contribution in [0.3, 0.4) is 0 Å². The van der Waals surface area contributed by atoms with Crippen molar-refractivity contribution in [2.45, 2.75) is 6.54 Å². The molecule has 0 atom stereocenters. The van der Waals surface area contributed by atoms with Gasteiger partial charge in [0, 0.05) is 58.2 Å². The van der Waals surface area contributed by atoms with Crippen molar-refractivity contribution in [2.24, 2.45) is 0 Å². The molecule has 0 saturated carbocycles. The molecule has 4 nitrogen and oxygen atoms in total. The van der Waals surface area contributed by atoms with Crippen LogP contribution in [0.5, 0.6) is 0 Å². The van der Waals surface area contributed by atoms with E-state index in [4.69, 9.17) is 0 Å². The number of likely N-dealkylation sites (N-methyl/N-ethyl adjacent to an activating group) is 1. The van der Waals surface area contributed by atoms with Crippen molar-refractivity contribution >= 4 is 0 Å². The first kappa shape index (κ1) is 11.6. The minimum atomic E-state index is 1.04. The minimum Gasteiger partial charge on any atom is -0.367 e. The molecule has 1 fully saturated rings. The third kappa shape index (κ3) is 3.63. The van der Waals surface area contributed by atoms with Gasteiger partial charge in [0.25, 0.3) is 0 Å². The molecule has 1 aromatic heterocycles. The Morgan fingerprint density at radius 2 is 2.19 bits per heavy atom. The SMILES string of the molecule is CN(CCN1CCNCC1)Cc1cc[nH]c1. The van der Waals surface area contributed by atoms with Gasteiger partial charge in [-0.15, -0.1) is 0 Å². The minimum absolute atomic E-state index is 1.04. The van der Waals surface area contributed by atoms with E-state index in [9.17, 15) is 0 Å². The van der Waals surface area contributed by atoms with Gasteiger partial charge in [0.05, 0.1) is 0 Å². The van der Waals surface area contributed by atoms with Crippen LogP contribution in [0.1, 0.15) is 5.56 Å². The number of aromatic nitrogens is 1. The van der Waals surface area contributed by atoms with Gasteiger partial charge in [-0.25, -0.2) is 0 Å². The van der Waals surface area contributed by atoms with E-state index in [0.717, 1.165) is 26.2 Å². The first-order chi connectivity index (χ1) is 7.84. The molecule has 90 valence electrons. The van der Waals surface area contributed by atoms with Gasteiger partial charge < -0.3 is 15.2 Å². The molecule has 2 heterocycles. The van der Waals surface area contributed by atoms with E-state index < -0.39 is 0 Å². The summed E-state index contributed by atoms with van der Waals surface area (Å²) in [5, 5.41) is 3.38. The molecule has 0 amide bonds. The van der Waals surface area contributed by atoms with Crippen LogP contribution >= 0.6 is 0 Å². The van der Waals surface area contributed by atoms with Crippen molar-refractivity contribution < 1.29 is 0 Å². The lowest BCUT2D eigenvalue weighted by Crippen LogP contribution is -2.45. The highest BCUT2D eigenvalue weighted by Crippen LogP contribution is 2.01. The van der Waals surface area contributed by atoms with Crippen LogP contribution in [0.15, 0.2) is 18.5 Å². The zero-order valence-corrected chi connectivity index (χ0v) is 10.1. The zero-order valence-electron chi connectivity index (χ0n) is 10.1. The molecule has 0 unspecified atom stereocenters. The summed E-state index contributed by atoms with van der Waals surface area (Å²) >= 11 is 0. The third-order valence-electron chi connectivity index (χ3n) is 3.12. The van der Waals surface area contributed by atoms with Crippen LogP contribution in [0.2, 0.25) is 0 Å². The van der Waals surface area contributed by atoms with Gasteiger partial charge in [-0.2, -0.15) is 0 Å². The average molecular weight is 222 g/mol. The summed E-state index contributed by atoms with van der Waals surface area (Å²) in [7, 11) is 2.19. The normalized spacial score (nSPS) is 18.1. The summed E-state index contributed by atoms with van der Waals surface area (Å²) in [6.07, 6.45) is 4.06. The van der Waals surface area contributed by atoms with Crippen molar-refractivity contribution in [3.63, 3.8) is 0 Å². The number of aromatic amines is 1. The number of nitrogens with zero attached hydrogens (tertiary/aromatic N) is 2. The van der Waals surface area contributed by atoms with E-state index >= 15 is 0 Å². The van der Waals surface area contributed by atoms with E-state index in [-0.39, 0.29) is 0 Å². The fraction of sp³-hybridized carbons (Fsp3) is 0.667. The largest absolute Gasteiger partial charge is 0.367 e. The standard InChI is InChI=1S/C12H22N4/c1-15(11-12-2-3-14-10-12)8-9-16-6-4-13-5-7-16/h2-3,10,13-14H,4-9,11H2,1H3. The average Bonchev–Trinajstić information content (AvgIpc) is 2.81. The number of rotatable bonds is 5. The highest BCUT2D eigenvalue weighted by molar-refractivity contribution is 5.07. The maximum atomic E-state index is 3.38. The van der Waals surface area contributed by atoms with Crippen LogP contribution in [0.25, 0.3) is 0 Å². The molecular formula is C12H22N4. The number of nitrogens with one attached hydrogen (secondary N) is 2. The maximum Gasteiger partial charge on any atom is 0.0246 e. The summed E-state index contributed by atoms with van der Waals surface area (Å²) < 4.78 is 0. The summed E-state index contributed by atoms with van der Waals surface area (Å²) in [6, 6.07) is 2.14. The van der Waals surface area contributed by atoms with E-state index in [1.54, 1.807) is 0 Å². The second kappa shape index (κ2) is 6.03. The van der Waals surface area contributed by atoms with Crippen LogP contribution in [-0.2, 0) is 6.54 Å². The van der Waals surface area contributed by atoms with E-state index in [0.29, 0.717) is 0 Å². The summed E-state index contributed by atoms with van der Waals surface area (Å²) in [5.74, 6) is 0. The van der Waals surface area contributed by atoms with Gasteiger partial charge in [-0.1, -0.05) is 0 Å². The van der Waals surface area contributed by atoms with Crippen LogP contribution in [0.4, 0.5) is 0 Å². The van der Waals surface area contributed by atoms with E-state index in [1.807, 2.05) is 6.20 Å². The third-order valence-corrected chi connectivity index (χ3v) is 3.12. The van der Waals surface area contributed by atoms with Crippen LogP contribution in [0, 0.1) is 0 Å². The van der Waals surface area contributed by atoms with Gasteiger partial charge in [0.2, 0.25) is 0 Å². The molecule has 0 aromatic carbocycles. The number of hydrogen-bond acceptors (Lipinski definition) is 3. The molecule has 4 heteroatoms. The van der Waals surface area contributed by atoms with Crippen LogP contribution < -0.4 is 5.32 Å². The molecule has 1 aliphatic rings. The predicted molar refractivity (Wildman–Crippen MR) is 66.4 cm³/mol. The first-order valence-electron chi connectivity index (χ1n) is 6.08. The Hall–Kier alpha value is -0.840. The lowest BCUT2D eigenvalue weighted by molar-refractivity contribution is 0.202. The monoisotopic (exact) mass is 222 g/mol. The summed E-state index contributed by atoms with van der Waals surface area (Å²) in [5.41, 5.74) is 1.36. The molecule has 1 saturated heterocycles. The Kier molecular flexibility index (Phi) is 4.39. The Morgan fingerprint density at radius 1 is 1.38 bits per heavy atom. The molecule has 2 rings (SSSR count). The fourth-order valence-electron chi connectivity index (χ4n) is 2.09. The van der Waals surface area contributed by atoms with Crippen molar-refractivity contribution in [1.29, 1.82) is 0 Å². The topological polar surface area (TPSA) is 34.3 Å². The zero-order chi connectivity index (χ0) is 11.2. The fourth-order valence-corrected chi connectivity index (χ4v) is 2.09. The molecule has 1 aromatic rings. The molecule has 0 spiro atoms. The highest BCUT2D eigenvalue weighted by Gasteiger charge is 2.09.